The Bertz CT molecular complexity index is 802. The summed E-state index contributed by atoms with van der Waals surface area (Å²) in [7, 11) is 0. The van der Waals surface area contributed by atoms with E-state index in [-0.39, 0.29) is 5.69 Å². The fourth-order valence-corrected chi connectivity index (χ4v) is 2.91. The number of imidazole rings is 1. The molecule has 0 aliphatic heterocycles. The summed E-state index contributed by atoms with van der Waals surface area (Å²) in [6, 6.07) is 12.0. The van der Waals surface area contributed by atoms with Crippen LogP contribution in [0.25, 0.3) is 11.0 Å². The number of halogens is 1. The lowest BCUT2D eigenvalue weighted by molar-refractivity contribution is -0.384. The highest BCUT2D eigenvalue weighted by molar-refractivity contribution is 7.98. The number of H-pyrrole nitrogens is 1. The molecule has 3 aromatic rings. The first-order chi connectivity index (χ1) is 10.1. The Labute approximate surface area is 129 Å². The van der Waals surface area contributed by atoms with E-state index in [2.05, 4.69) is 9.97 Å². The van der Waals surface area contributed by atoms with Gasteiger partial charge < -0.3 is 4.98 Å². The Morgan fingerprint density at radius 3 is 2.71 bits per heavy atom. The maximum Gasteiger partial charge on any atom is 0.269 e. The van der Waals surface area contributed by atoms with E-state index in [4.69, 9.17) is 11.6 Å². The average Bonchev–Trinajstić information content (AvgIpc) is 2.87. The van der Waals surface area contributed by atoms with Crippen LogP contribution in [0.2, 0.25) is 5.02 Å². The molecule has 0 bridgehead atoms. The molecule has 7 heteroatoms. The monoisotopic (exact) mass is 319 g/mol. The van der Waals surface area contributed by atoms with E-state index < -0.39 is 4.92 Å². The lowest BCUT2D eigenvalue weighted by atomic mass is 10.2. The van der Waals surface area contributed by atoms with Gasteiger partial charge in [0.05, 0.1) is 16.0 Å². The summed E-state index contributed by atoms with van der Waals surface area (Å²) < 4.78 is 0. The molecular weight excluding hydrogens is 310 g/mol. The Hall–Kier alpha value is -2.05. The van der Waals surface area contributed by atoms with Gasteiger partial charge in [-0.25, -0.2) is 4.98 Å². The molecule has 1 N–H and O–H groups in total. The lowest BCUT2D eigenvalue weighted by Gasteiger charge is -1.98. The minimum absolute atomic E-state index is 0.0992. The zero-order valence-electron chi connectivity index (χ0n) is 10.7. The van der Waals surface area contributed by atoms with Crippen molar-refractivity contribution in [2.75, 3.05) is 0 Å². The zero-order valence-corrected chi connectivity index (χ0v) is 12.3. The summed E-state index contributed by atoms with van der Waals surface area (Å²) in [6.07, 6.45) is 0. The van der Waals surface area contributed by atoms with Crippen molar-refractivity contribution in [1.82, 2.24) is 9.97 Å². The Morgan fingerprint density at radius 1 is 1.24 bits per heavy atom. The minimum Gasteiger partial charge on any atom is -0.333 e. The number of aromatic amines is 1. The predicted octanol–water partition coefficient (Wildman–Crippen LogP) is 4.42. The van der Waals surface area contributed by atoms with E-state index in [0.717, 1.165) is 21.8 Å². The number of nitro benzene ring substituents is 1. The van der Waals surface area contributed by atoms with Crippen molar-refractivity contribution in [3.8, 4) is 0 Å². The summed E-state index contributed by atoms with van der Waals surface area (Å²) in [5.74, 6) is 0.686. The van der Waals surface area contributed by atoms with Gasteiger partial charge in [-0.15, -0.1) is 0 Å². The Morgan fingerprint density at radius 2 is 2.00 bits per heavy atom. The Kier molecular flexibility index (Phi) is 3.81. The van der Waals surface area contributed by atoms with Gasteiger partial charge in [-0.05, 0) is 23.8 Å². The van der Waals surface area contributed by atoms with Crippen molar-refractivity contribution < 1.29 is 4.92 Å². The number of benzene rings is 2. The molecule has 0 unspecified atom stereocenters. The van der Waals surface area contributed by atoms with Crippen molar-refractivity contribution in [2.45, 2.75) is 10.9 Å². The molecule has 0 aliphatic carbocycles. The number of aromatic nitrogens is 2. The summed E-state index contributed by atoms with van der Waals surface area (Å²) in [6.45, 7) is 0. The first kappa shape index (κ1) is 13.9. The number of thioether (sulfide) groups is 1. The first-order valence-corrected chi connectivity index (χ1v) is 7.49. The third-order valence-corrected chi connectivity index (χ3v) is 4.12. The van der Waals surface area contributed by atoms with Crippen molar-refractivity contribution in [1.29, 1.82) is 0 Å². The summed E-state index contributed by atoms with van der Waals surface area (Å²) in [4.78, 5) is 17.8. The van der Waals surface area contributed by atoms with Crippen molar-refractivity contribution in [3.05, 3.63) is 63.2 Å². The van der Waals surface area contributed by atoms with Crippen LogP contribution in [-0.4, -0.2) is 14.9 Å². The van der Waals surface area contributed by atoms with Gasteiger partial charge in [-0.3, -0.25) is 10.1 Å². The second kappa shape index (κ2) is 5.75. The number of rotatable bonds is 4. The first-order valence-electron chi connectivity index (χ1n) is 6.13. The predicted molar refractivity (Wildman–Crippen MR) is 83.8 cm³/mol. The normalized spacial score (nSPS) is 10.9. The van der Waals surface area contributed by atoms with Crippen molar-refractivity contribution in [3.63, 3.8) is 0 Å². The van der Waals surface area contributed by atoms with Crippen LogP contribution in [-0.2, 0) is 5.75 Å². The third-order valence-electron chi connectivity index (χ3n) is 2.94. The van der Waals surface area contributed by atoms with Gasteiger partial charge in [-0.2, -0.15) is 0 Å². The van der Waals surface area contributed by atoms with Gasteiger partial charge in [-0.1, -0.05) is 35.5 Å². The largest absolute Gasteiger partial charge is 0.333 e. The van der Waals surface area contributed by atoms with Gasteiger partial charge in [0.2, 0.25) is 0 Å². The summed E-state index contributed by atoms with van der Waals surface area (Å²) in [5.41, 5.74) is 2.87. The summed E-state index contributed by atoms with van der Waals surface area (Å²) in [5, 5.41) is 12.1. The van der Waals surface area contributed by atoms with Gasteiger partial charge in [0.1, 0.15) is 0 Å². The van der Waals surface area contributed by atoms with Crippen LogP contribution in [0.5, 0.6) is 0 Å². The van der Waals surface area contributed by atoms with Gasteiger partial charge in [0.15, 0.2) is 5.16 Å². The molecule has 3 rings (SSSR count). The molecule has 0 saturated heterocycles. The molecule has 0 radical (unpaired) electrons. The fourth-order valence-electron chi connectivity index (χ4n) is 1.89. The van der Waals surface area contributed by atoms with E-state index in [0.29, 0.717) is 10.8 Å². The standard InChI is InChI=1S/C14H10ClN3O2S/c15-10-3-6-12-13(7-10)17-14(16-12)21-8-9-1-4-11(5-2-9)18(19)20/h1-7H,8H2,(H,16,17). The van der Waals surface area contributed by atoms with E-state index in [9.17, 15) is 10.1 Å². The number of nitrogens with zero attached hydrogens (tertiary/aromatic N) is 2. The van der Waals surface area contributed by atoms with E-state index in [1.807, 2.05) is 12.1 Å². The van der Waals surface area contributed by atoms with Gasteiger partial charge in [0.25, 0.3) is 5.69 Å². The molecule has 1 aromatic heterocycles. The summed E-state index contributed by atoms with van der Waals surface area (Å²) >= 11 is 7.47. The SMILES string of the molecule is O=[N+]([O-])c1ccc(CSc2nc3ccc(Cl)cc3[nH]2)cc1. The fraction of sp³-hybridized carbons (Fsp3) is 0.0714. The Balaban J connectivity index is 1.72. The molecule has 0 atom stereocenters. The van der Waals surface area contributed by atoms with Crippen LogP contribution in [0.4, 0.5) is 5.69 Å². The molecule has 0 saturated carbocycles. The quantitative estimate of drug-likeness (QED) is 0.439. The number of nitrogens with one attached hydrogen (secondary N) is 1. The molecule has 0 spiro atoms. The van der Waals surface area contributed by atoms with Crippen LogP contribution < -0.4 is 0 Å². The second-order valence-corrected chi connectivity index (χ2v) is 5.82. The molecule has 5 nitrogen and oxygen atoms in total. The molecule has 106 valence electrons. The van der Waals surface area contributed by atoms with Crippen LogP contribution >= 0.6 is 23.4 Å². The lowest BCUT2D eigenvalue weighted by Crippen LogP contribution is -1.88. The van der Waals surface area contributed by atoms with E-state index in [1.165, 1.54) is 23.9 Å². The number of nitro groups is 1. The van der Waals surface area contributed by atoms with Crippen LogP contribution in [0, 0.1) is 10.1 Å². The second-order valence-electron chi connectivity index (χ2n) is 4.42. The smallest absolute Gasteiger partial charge is 0.269 e. The number of fused-ring (bicyclic) bond motifs is 1. The van der Waals surface area contributed by atoms with Gasteiger partial charge >= 0.3 is 0 Å². The molecular formula is C14H10ClN3O2S. The molecule has 21 heavy (non-hydrogen) atoms. The highest BCUT2D eigenvalue weighted by Crippen LogP contribution is 2.25. The number of non-ortho nitro benzene ring substituents is 1. The van der Waals surface area contributed by atoms with Crippen LogP contribution in [0.15, 0.2) is 47.6 Å². The van der Waals surface area contributed by atoms with Crippen molar-refractivity contribution in [2.24, 2.45) is 0 Å². The zero-order chi connectivity index (χ0) is 14.8. The molecule has 2 aromatic carbocycles. The molecule has 0 fully saturated rings. The average molecular weight is 320 g/mol. The maximum atomic E-state index is 10.6. The molecule has 0 aliphatic rings. The number of hydrogen-bond acceptors (Lipinski definition) is 4. The van der Waals surface area contributed by atoms with Gasteiger partial charge in [0, 0.05) is 22.9 Å². The molecule has 0 amide bonds. The van der Waals surface area contributed by atoms with Crippen LogP contribution in [0.1, 0.15) is 5.56 Å². The topological polar surface area (TPSA) is 71.8 Å². The molecule has 1 heterocycles. The van der Waals surface area contributed by atoms with Crippen molar-refractivity contribution >= 4 is 40.1 Å². The number of hydrogen-bond donors (Lipinski definition) is 1. The van der Waals surface area contributed by atoms with E-state index in [1.54, 1.807) is 18.2 Å². The highest BCUT2D eigenvalue weighted by atomic mass is 35.5. The third kappa shape index (κ3) is 3.17. The highest BCUT2D eigenvalue weighted by Gasteiger charge is 2.06. The van der Waals surface area contributed by atoms with Crippen LogP contribution in [0.3, 0.4) is 0 Å². The minimum atomic E-state index is -0.403. The van der Waals surface area contributed by atoms with E-state index >= 15 is 0 Å². The maximum absolute atomic E-state index is 10.6.